The standard InChI is InChI=1S/C14H13NO6/c16-9-3-1-2-8(6-9)15-12(18)10-4-5-14(21,13(19)20)7-11(10)17/h1-6,16-17,21H,7H2,(H,15,18)(H,19,20). The molecule has 0 aliphatic heterocycles. The Hall–Kier alpha value is -2.80. The van der Waals surface area contributed by atoms with E-state index in [0.29, 0.717) is 5.69 Å². The number of carboxylic acids is 1. The molecule has 0 fully saturated rings. The average molecular weight is 291 g/mol. The molecule has 0 aromatic heterocycles. The van der Waals surface area contributed by atoms with E-state index in [1.807, 2.05) is 0 Å². The number of carbonyl (C=O) groups excluding carboxylic acids is 1. The van der Waals surface area contributed by atoms with Crippen LogP contribution >= 0.6 is 0 Å². The van der Waals surface area contributed by atoms with E-state index in [1.165, 1.54) is 24.3 Å². The van der Waals surface area contributed by atoms with Crippen molar-refractivity contribution in [2.24, 2.45) is 0 Å². The summed E-state index contributed by atoms with van der Waals surface area (Å²) in [5.74, 6) is -2.76. The number of aliphatic carboxylic acids is 1. The molecule has 0 radical (unpaired) electrons. The summed E-state index contributed by atoms with van der Waals surface area (Å²) in [5.41, 5.74) is -2.06. The summed E-state index contributed by atoms with van der Waals surface area (Å²) in [6.07, 6.45) is 1.39. The first-order valence-corrected chi connectivity index (χ1v) is 5.99. The molecular formula is C14H13NO6. The van der Waals surface area contributed by atoms with E-state index < -0.39 is 29.7 Å². The summed E-state index contributed by atoms with van der Waals surface area (Å²) in [7, 11) is 0. The van der Waals surface area contributed by atoms with Crippen LogP contribution in [-0.2, 0) is 9.59 Å². The summed E-state index contributed by atoms with van der Waals surface area (Å²) in [6, 6.07) is 5.81. The molecule has 1 aromatic rings. The highest BCUT2D eigenvalue weighted by molar-refractivity contribution is 6.06. The van der Waals surface area contributed by atoms with E-state index in [4.69, 9.17) is 5.11 Å². The van der Waals surface area contributed by atoms with E-state index in [1.54, 1.807) is 0 Å². The van der Waals surface area contributed by atoms with Gasteiger partial charge in [0.25, 0.3) is 5.91 Å². The van der Waals surface area contributed by atoms with Crippen LogP contribution in [0.5, 0.6) is 5.75 Å². The highest BCUT2D eigenvalue weighted by Crippen LogP contribution is 2.27. The monoisotopic (exact) mass is 291 g/mol. The van der Waals surface area contributed by atoms with Crippen LogP contribution in [0.15, 0.2) is 47.7 Å². The highest BCUT2D eigenvalue weighted by Gasteiger charge is 2.38. The van der Waals surface area contributed by atoms with E-state index in [-0.39, 0.29) is 11.3 Å². The van der Waals surface area contributed by atoms with Gasteiger partial charge in [0, 0.05) is 18.2 Å². The van der Waals surface area contributed by atoms with Crippen molar-refractivity contribution < 1.29 is 30.0 Å². The van der Waals surface area contributed by atoms with Crippen LogP contribution in [0.4, 0.5) is 5.69 Å². The number of carboxylic acid groups (broad SMARTS) is 1. The molecule has 0 saturated carbocycles. The molecule has 7 heteroatoms. The Morgan fingerprint density at radius 1 is 1.24 bits per heavy atom. The van der Waals surface area contributed by atoms with Gasteiger partial charge < -0.3 is 25.7 Å². The van der Waals surface area contributed by atoms with E-state index >= 15 is 0 Å². The number of phenolic OH excluding ortho intramolecular Hbond substituents is 1. The fourth-order valence-electron chi connectivity index (χ4n) is 1.86. The van der Waals surface area contributed by atoms with Gasteiger partial charge in [-0.1, -0.05) is 6.07 Å². The minimum atomic E-state index is -2.22. The molecule has 0 heterocycles. The first-order chi connectivity index (χ1) is 9.82. The lowest BCUT2D eigenvalue weighted by atomic mass is 9.90. The summed E-state index contributed by atoms with van der Waals surface area (Å²) in [4.78, 5) is 22.8. The predicted molar refractivity (Wildman–Crippen MR) is 72.7 cm³/mol. The highest BCUT2D eigenvalue weighted by atomic mass is 16.4. The first-order valence-electron chi connectivity index (χ1n) is 5.99. The number of nitrogens with one attached hydrogen (secondary N) is 1. The maximum Gasteiger partial charge on any atom is 0.340 e. The maximum absolute atomic E-state index is 12.0. The van der Waals surface area contributed by atoms with Gasteiger partial charge in [-0.2, -0.15) is 0 Å². The van der Waals surface area contributed by atoms with Crippen LogP contribution in [0.2, 0.25) is 0 Å². The zero-order valence-electron chi connectivity index (χ0n) is 10.8. The van der Waals surface area contributed by atoms with Crippen molar-refractivity contribution in [3.63, 3.8) is 0 Å². The third kappa shape index (κ3) is 3.03. The molecule has 1 aromatic carbocycles. The number of rotatable bonds is 3. The molecule has 0 spiro atoms. The number of anilines is 1. The minimum absolute atomic E-state index is 0.0366. The van der Waals surface area contributed by atoms with Crippen LogP contribution in [0.1, 0.15) is 6.42 Å². The van der Waals surface area contributed by atoms with Crippen molar-refractivity contribution in [2.45, 2.75) is 12.0 Å². The van der Waals surface area contributed by atoms with E-state index in [2.05, 4.69) is 5.32 Å². The maximum atomic E-state index is 12.0. The quantitative estimate of drug-likeness (QED) is 0.563. The molecule has 1 unspecified atom stereocenters. The third-order valence-corrected chi connectivity index (χ3v) is 2.99. The molecule has 0 bridgehead atoms. The number of benzene rings is 1. The fourth-order valence-corrected chi connectivity index (χ4v) is 1.86. The van der Waals surface area contributed by atoms with Crippen molar-refractivity contribution in [3.05, 3.63) is 47.7 Å². The molecule has 1 atom stereocenters. The predicted octanol–water partition coefficient (Wildman–Crippen LogP) is 0.918. The molecule has 0 saturated heterocycles. The van der Waals surface area contributed by atoms with Gasteiger partial charge in [-0.25, -0.2) is 4.79 Å². The van der Waals surface area contributed by atoms with Gasteiger partial charge in [-0.15, -0.1) is 0 Å². The number of carbonyl (C=O) groups is 2. The van der Waals surface area contributed by atoms with Gasteiger partial charge >= 0.3 is 5.97 Å². The Balaban J connectivity index is 2.18. The molecule has 7 nitrogen and oxygen atoms in total. The smallest absolute Gasteiger partial charge is 0.340 e. The molecule has 1 aliphatic rings. The number of phenols is 1. The lowest BCUT2D eigenvalue weighted by molar-refractivity contribution is -0.154. The second-order valence-electron chi connectivity index (χ2n) is 4.60. The van der Waals surface area contributed by atoms with Crippen molar-refractivity contribution in [1.29, 1.82) is 0 Å². The van der Waals surface area contributed by atoms with Gasteiger partial charge in [0.15, 0.2) is 5.60 Å². The first kappa shape index (κ1) is 14.6. The lowest BCUT2D eigenvalue weighted by Gasteiger charge is -2.23. The zero-order chi connectivity index (χ0) is 15.6. The summed E-state index contributed by atoms with van der Waals surface area (Å²) in [6.45, 7) is 0. The lowest BCUT2D eigenvalue weighted by Crippen LogP contribution is -2.39. The van der Waals surface area contributed by atoms with Crippen LogP contribution < -0.4 is 5.32 Å². The number of hydrogen-bond acceptors (Lipinski definition) is 5. The second kappa shape index (κ2) is 5.29. The second-order valence-corrected chi connectivity index (χ2v) is 4.60. The van der Waals surface area contributed by atoms with Crippen molar-refractivity contribution in [1.82, 2.24) is 0 Å². The van der Waals surface area contributed by atoms with Crippen LogP contribution in [0.3, 0.4) is 0 Å². The Labute approximate surface area is 119 Å². The number of aliphatic hydroxyl groups excluding tert-OH is 1. The van der Waals surface area contributed by atoms with Gasteiger partial charge in [0.2, 0.25) is 0 Å². The molecule has 1 aliphatic carbocycles. The van der Waals surface area contributed by atoms with Gasteiger partial charge in [0.1, 0.15) is 11.5 Å². The van der Waals surface area contributed by atoms with E-state index in [9.17, 15) is 24.9 Å². The minimum Gasteiger partial charge on any atom is -0.511 e. The summed E-state index contributed by atoms with van der Waals surface area (Å²) < 4.78 is 0. The largest absolute Gasteiger partial charge is 0.511 e. The van der Waals surface area contributed by atoms with Crippen LogP contribution in [0.25, 0.3) is 0 Å². The third-order valence-electron chi connectivity index (χ3n) is 2.99. The average Bonchev–Trinajstić information content (AvgIpc) is 2.38. The zero-order valence-corrected chi connectivity index (χ0v) is 10.8. The van der Waals surface area contributed by atoms with Gasteiger partial charge in [0.05, 0.1) is 5.57 Å². The Morgan fingerprint density at radius 3 is 2.52 bits per heavy atom. The molecule has 110 valence electrons. The topological polar surface area (TPSA) is 127 Å². The van der Waals surface area contributed by atoms with Crippen LogP contribution in [-0.4, -0.2) is 37.9 Å². The molecule has 5 N–H and O–H groups in total. The number of amides is 1. The van der Waals surface area contributed by atoms with Gasteiger partial charge in [-0.3, -0.25) is 4.79 Å². The fraction of sp³-hybridized carbons (Fsp3) is 0.143. The van der Waals surface area contributed by atoms with Crippen molar-refractivity contribution in [2.75, 3.05) is 5.32 Å². The summed E-state index contributed by atoms with van der Waals surface area (Å²) >= 11 is 0. The molecule has 1 amide bonds. The molecule has 21 heavy (non-hydrogen) atoms. The number of aromatic hydroxyl groups is 1. The molecular weight excluding hydrogens is 278 g/mol. The summed E-state index contributed by atoms with van der Waals surface area (Å²) in [5, 5.41) is 40.0. The SMILES string of the molecule is O=C(Nc1cccc(O)c1)C1=C(O)CC(O)(C(=O)O)C=C1. The number of hydrogen-bond donors (Lipinski definition) is 5. The van der Waals surface area contributed by atoms with Crippen LogP contribution in [0, 0.1) is 0 Å². The van der Waals surface area contributed by atoms with E-state index in [0.717, 1.165) is 12.2 Å². The van der Waals surface area contributed by atoms with Crippen molar-refractivity contribution >= 4 is 17.6 Å². The van der Waals surface area contributed by atoms with Crippen molar-refractivity contribution in [3.8, 4) is 5.75 Å². The Morgan fingerprint density at radius 2 is 1.95 bits per heavy atom. The molecule has 2 rings (SSSR count). The Bertz CT molecular complexity index is 663. The normalized spacial score (nSPS) is 21.2. The Kier molecular flexibility index (Phi) is 3.68. The van der Waals surface area contributed by atoms with Gasteiger partial charge in [-0.05, 0) is 24.3 Å². The number of aliphatic hydroxyl groups is 2.